The number of rotatable bonds is 2. The van der Waals surface area contributed by atoms with Crippen molar-refractivity contribution in [2.75, 3.05) is 5.32 Å². The van der Waals surface area contributed by atoms with E-state index in [9.17, 15) is 4.79 Å². The van der Waals surface area contributed by atoms with Crippen LogP contribution in [0.1, 0.15) is 32.0 Å². The van der Waals surface area contributed by atoms with E-state index >= 15 is 0 Å². The van der Waals surface area contributed by atoms with Crippen molar-refractivity contribution in [2.24, 2.45) is 0 Å². The summed E-state index contributed by atoms with van der Waals surface area (Å²) in [5.41, 5.74) is 1.90. The summed E-state index contributed by atoms with van der Waals surface area (Å²) in [4.78, 5) is 16.8. The zero-order valence-corrected chi connectivity index (χ0v) is 14.2. The van der Waals surface area contributed by atoms with Crippen LogP contribution >= 0.6 is 22.9 Å². The summed E-state index contributed by atoms with van der Waals surface area (Å²) in [5, 5.41) is 6.06. The Balaban J connectivity index is 1.68. The predicted molar refractivity (Wildman–Crippen MR) is 89.0 cm³/mol. The minimum absolute atomic E-state index is 0.0314. The minimum Gasteiger partial charge on any atom is -0.480 e. The number of anilines is 1. The van der Waals surface area contributed by atoms with Crippen molar-refractivity contribution in [3.8, 4) is 5.75 Å². The molecule has 0 unspecified atom stereocenters. The summed E-state index contributed by atoms with van der Waals surface area (Å²) in [7, 11) is 0. The van der Waals surface area contributed by atoms with Crippen LogP contribution in [-0.2, 0) is 16.6 Å². The molecule has 1 aliphatic rings. The maximum atomic E-state index is 12.3. The first-order valence-electron chi connectivity index (χ1n) is 7.05. The molecule has 3 rings (SSSR count). The average molecular weight is 337 g/mol. The van der Waals surface area contributed by atoms with Gasteiger partial charge in [0.05, 0.1) is 5.69 Å². The molecule has 1 N–H and O–H groups in total. The van der Waals surface area contributed by atoms with Crippen molar-refractivity contribution in [1.82, 2.24) is 4.98 Å². The van der Waals surface area contributed by atoms with E-state index in [1.807, 2.05) is 11.4 Å². The largest absolute Gasteiger partial charge is 0.480 e. The number of carbonyl (C=O) groups excluding carboxylic acids is 1. The van der Waals surface area contributed by atoms with Crippen molar-refractivity contribution < 1.29 is 9.53 Å². The maximum Gasteiger partial charge on any atom is 0.267 e. The normalized spacial score (nSPS) is 17.0. The molecule has 0 aliphatic carbocycles. The molecule has 0 bridgehead atoms. The van der Waals surface area contributed by atoms with E-state index in [2.05, 4.69) is 31.1 Å². The van der Waals surface area contributed by atoms with Crippen LogP contribution in [0.5, 0.6) is 5.75 Å². The smallest absolute Gasteiger partial charge is 0.267 e. The van der Waals surface area contributed by atoms with Crippen molar-refractivity contribution in [1.29, 1.82) is 0 Å². The van der Waals surface area contributed by atoms with Crippen LogP contribution in [0.15, 0.2) is 23.6 Å². The number of amides is 1. The van der Waals surface area contributed by atoms with Gasteiger partial charge in [0.25, 0.3) is 5.91 Å². The fourth-order valence-electron chi connectivity index (χ4n) is 2.22. The maximum absolute atomic E-state index is 12.3. The molecule has 116 valence electrons. The molecule has 0 saturated carbocycles. The fraction of sp³-hybridized carbons (Fsp3) is 0.375. The van der Waals surface area contributed by atoms with Crippen molar-refractivity contribution in [2.45, 2.75) is 38.7 Å². The molecular formula is C16H17ClN2O2S. The van der Waals surface area contributed by atoms with Crippen molar-refractivity contribution >= 4 is 34.0 Å². The molecule has 6 heteroatoms. The highest BCUT2D eigenvalue weighted by atomic mass is 35.5. The number of benzene rings is 1. The van der Waals surface area contributed by atoms with Gasteiger partial charge in [-0.2, -0.15) is 0 Å². The third-order valence-corrected chi connectivity index (χ3v) is 4.49. The van der Waals surface area contributed by atoms with E-state index in [0.29, 0.717) is 16.6 Å². The molecule has 0 radical (unpaired) electrons. The highest BCUT2D eigenvalue weighted by Gasteiger charge is 2.30. The van der Waals surface area contributed by atoms with Gasteiger partial charge in [0.15, 0.2) is 11.2 Å². The van der Waals surface area contributed by atoms with Gasteiger partial charge in [-0.25, -0.2) is 4.98 Å². The van der Waals surface area contributed by atoms with Crippen LogP contribution in [-0.4, -0.2) is 17.0 Å². The first kappa shape index (κ1) is 15.3. The number of carbonyl (C=O) groups is 1. The standard InChI is InChI=1S/C16H17ClN2O2S/c1-16(2,3)13-8-22-15(18-13)19-14(20)12-7-9-6-10(17)4-5-11(9)21-12/h4-6,8,12H,7H2,1-3H3,(H,18,19,20)/t12-/m0/s1. The lowest BCUT2D eigenvalue weighted by atomic mass is 9.93. The van der Waals surface area contributed by atoms with Gasteiger partial charge in [0.1, 0.15) is 5.75 Å². The van der Waals surface area contributed by atoms with Crippen molar-refractivity contribution in [3.63, 3.8) is 0 Å². The number of ether oxygens (including phenoxy) is 1. The number of hydrogen-bond donors (Lipinski definition) is 1. The lowest BCUT2D eigenvalue weighted by Crippen LogP contribution is -2.31. The van der Waals surface area contributed by atoms with Crippen LogP contribution in [0.2, 0.25) is 5.02 Å². The molecule has 0 fully saturated rings. The molecule has 0 spiro atoms. The van der Waals surface area contributed by atoms with Gasteiger partial charge in [-0.3, -0.25) is 10.1 Å². The van der Waals surface area contributed by atoms with E-state index in [1.165, 1.54) is 11.3 Å². The Bertz CT molecular complexity index is 721. The zero-order valence-electron chi connectivity index (χ0n) is 12.6. The Morgan fingerprint density at radius 2 is 2.23 bits per heavy atom. The molecule has 22 heavy (non-hydrogen) atoms. The number of nitrogens with zero attached hydrogens (tertiary/aromatic N) is 1. The first-order valence-corrected chi connectivity index (χ1v) is 8.30. The Morgan fingerprint density at radius 1 is 1.45 bits per heavy atom. The lowest BCUT2D eigenvalue weighted by Gasteiger charge is -2.14. The second-order valence-corrected chi connectivity index (χ2v) is 7.63. The van der Waals surface area contributed by atoms with E-state index in [0.717, 1.165) is 17.0 Å². The first-order chi connectivity index (χ1) is 10.3. The lowest BCUT2D eigenvalue weighted by molar-refractivity contribution is -0.122. The van der Waals surface area contributed by atoms with E-state index in [4.69, 9.17) is 16.3 Å². The van der Waals surface area contributed by atoms with Gasteiger partial charge in [-0.1, -0.05) is 32.4 Å². The third kappa shape index (κ3) is 3.10. The Morgan fingerprint density at radius 3 is 2.91 bits per heavy atom. The molecule has 4 nitrogen and oxygen atoms in total. The molecule has 1 aromatic heterocycles. The molecule has 1 atom stereocenters. The van der Waals surface area contributed by atoms with Crippen molar-refractivity contribution in [3.05, 3.63) is 39.9 Å². The van der Waals surface area contributed by atoms with Gasteiger partial charge in [0, 0.05) is 22.2 Å². The SMILES string of the molecule is CC(C)(C)c1csc(NC(=O)[C@@H]2Cc3cc(Cl)ccc3O2)n1. The molecule has 2 heterocycles. The average Bonchev–Trinajstić information content (AvgIpc) is 3.03. The monoisotopic (exact) mass is 336 g/mol. The van der Waals surface area contributed by atoms with Gasteiger partial charge < -0.3 is 4.74 Å². The van der Waals surface area contributed by atoms with Gasteiger partial charge >= 0.3 is 0 Å². The minimum atomic E-state index is -0.532. The number of nitrogens with one attached hydrogen (secondary N) is 1. The predicted octanol–water partition coefficient (Wildman–Crippen LogP) is 4.04. The van der Waals surface area contributed by atoms with E-state index in [-0.39, 0.29) is 11.3 Å². The summed E-state index contributed by atoms with van der Waals surface area (Å²) in [5.74, 6) is 0.543. The molecule has 2 aromatic rings. The summed E-state index contributed by atoms with van der Waals surface area (Å²) >= 11 is 7.39. The number of thiazole rings is 1. The third-order valence-electron chi connectivity index (χ3n) is 3.49. The Kier molecular flexibility index (Phi) is 3.87. The molecular weight excluding hydrogens is 320 g/mol. The van der Waals surface area contributed by atoms with E-state index < -0.39 is 6.10 Å². The summed E-state index contributed by atoms with van der Waals surface area (Å²) in [6.45, 7) is 6.27. The van der Waals surface area contributed by atoms with Crippen LogP contribution < -0.4 is 10.1 Å². The molecule has 1 amide bonds. The van der Waals surface area contributed by atoms with E-state index in [1.54, 1.807) is 12.1 Å². The van der Waals surface area contributed by atoms with Gasteiger partial charge in [-0.05, 0) is 23.8 Å². The summed E-state index contributed by atoms with van der Waals surface area (Å²) in [6, 6.07) is 5.40. The summed E-state index contributed by atoms with van der Waals surface area (Å²) < 4.78 is 5.68. The molecule has 1 aromatic carbocycles. The van der Waals surface area contributed by atoms with Crippen LogP contribution in [0.3, 0.4) is 0 Å². The number of hydrogen-bond acceptors (Lipinski definition) is 4. The van der Waals surface area contributed by atoms with Crippen LogP contribution in [0, 0.1) is 0 Å². The second kappa shape index (κ2) is 5.56. The number of halogens is 1. The Hall–Kier alpha value is -1.59. The molecule has 1 aliphatic heterocycles. The Labute approximate surface area is 138 Å². The van der Waals surface area contributed by atoms with Gasteiger partial charge in [-0.15, -0.1) is 11.3 Å². The van der Waals surface area contributed by atoms with Crippen LogP contribution in [0.25, 0.3) is 0 Å². The zero-order chi connectivity index (χ0) is 15.9. The highest BCUT2D eigenvalue weighted by molar-refractivity contribution is 7.14. The topological polar surface area (TPSA) is 51.2 Å². The fourth-order valence-corrected chi connectivity index (χ4v) is 3.36. The second-order valence-electron chi connectivity index (χ2n) is 6.34. The summed E-state index contributed by atoms with van der Waals surface area (Å²) in [6.07, 6.45) is -0.00497. The number of aromatic nitrogens is 1. The van der Waals surface area contributed by atoms with Gasteiger partial charge in [0.2, 0.25) is 0 Å². The van der Waals surface area contributed by atoms with Crippen LogP contribution in [0.4, 0.5) is 5.13 Å². The quantitative estimate of drug-likeness (QED) is 0.900. The highest BCUT2D eigenvalue weighted by Crippen LogP contribution is 2.32. The number of fused-ring (bicyclic) bond motifs is 1. The molecule has 0 saturated heterocycles.